The Labute approximate surface area is 126 Å². The Morgan fingerprint density at radius 1 is 1.43 bits per heavy atom. The molecule has 0 fully saturated rings. The summed E-state index contributed by atoms with van der Waals surface area (Å²) in [5, 5.41) is 21.9. The van der Waals surface area contributed by atoms with Crippen LogP contribution in [0.3, 0.4) is 0 Å². The maximum atomic E-state index is 12.1. The SMILES string of the molecule is CC(C)C(CC(=O)O)NC(=O)c1cccc([N+](=O)[O-])c1Cl. The summed E-state index contributed by atoms with van der Waals surface area (Å²) in [6, 6.07) is 3.30. The minimum Gasteiger partial charge on any atom is -0.481 e. The van der Waals surface area contributed by atoms with Gasteiger partial charge in [0.05, 0.1) is 16.9 Å². The van der Waals surface area contributed by atoms with E-state index in [1.54, 1.807) is 13.8 Å². The lowest BCUT2D eigenvalue weighted by atomic mass is 10.0. The van der Waals surface area contributed by atoms with E-state index < -0.39 is 22.8 Å². The summed E-state index contributed by atoms with van der Waals surface area (Å²) in [6.45, 7) is 3.53. The number of carboxylic acids is 1. The van der Waals surface area contributed by atoms with Crippen LogP contribution in [0.5, 0.6) is 0 Å². The molecule has 0 aliphatic carbocycles. The molecule has 1 rings (SSSR count). The van der Waals surface area contributed by atoms with Gasteiger partial charge >= 0.3 is 5.97 Å². The molecule has 0 aliphatic rings. The van der Waals surface area contributed by atoms with Gasteiger partial charge in [0, 0.05) is 12.1 Å². The van der Waals surface area contributed by atoms with E-state index >= 15 is 0 Å². The molecule has 1 atom stereocenters. The lowest BCUT2D eigenvalue weighted by Gasteiger charge is -2.20. The average Bonchev–Trinajstić information content (AvgIpc) is 2.36. The maximum Gasteiger partial charge on any atom is 0.305 e. The van der Waals surface area contributed by atoms with Crippen molar-refractivity contribution in [3.8, 4) is 0 Å². The number of nitrogens with one attached hydrogen (secondary N) is 1. The molecular formula is C13H15ClN2O5. The number of amides is 1. The van der Waals surface area contributed by atoms with Gasteiger partial charge in [-0.1, -0.05) is 31.5 Å². The van der Waals surface area contributed by atoms with Crippen molar-refractivity contribution in [3.05, 3.63) is 38.9 Å². The molecule has 0 aliphatic heterocycles. The predicted octanol–water partition coefficient (Wildman–Crippen LogP) is 2.48. The lowest BCUT2D eigenvalue weighted by Crippen LogP contribution is -2.40. The molecule has 0 radical (unpaired) electrons. The van der Waals surface area contributed by atoms with Gasteiger partial charge in [-0.3, -0.25) is 19.7 Å². The zero-order valence-corrected chi connectivity index (χ0v) is 12.3. The molecule has 1 aromatic rings. The van der Waals surface area contributed by atoms with Crippen LogP contribution in [0.15, 0.2) is 18.2 Å². The smallest absolute Gasteiger partial charge is 0.305 e. The Hall–Kier alpha value is -2.15. The highest BCUT2D eigenvalue weighted by atomic mass is 35.5. The second-order valence-corrected chi connectivity index (χ2v) is 5.20. The molecule has 8 heteroatoms. The van der Waals surface area contributed by atoms with Gasteiger partial charge in [-0.25, -0.2) is 0 Å². The van der Waals surface area contributed by atoms with Crippen LogP contribution < -0.4 is 5.32 Å². The zero-order chi connectivity index (χ0) is 16.2. The molecular weight excluding hydrogens is 300 g/mol. The summed E-state index contributed by atoms with van der Waals surface area (Å²) in [4.78, 5) is 33.0. The molecule has 0 saturated carbocycles. The van der Waals surface area contributed by atoms with Crippen LogP contribution in [-0.4, -0.2) is 27.9 Å². The first-order valence-corrected chi connectivity index (χ1v) is 6.57. The number of carbonyl (C=O) groups is 2. The Balaban J connectivity index is 3.00. The number of nitrogens with zero attached hydrogens (tertiary/aromatic N) is 1. The summed E-state index contributed by atoms with van der Waals surface area (Å²) >= 11 is 5.85. The molecule has 7 nitrogen and oxygen atoms in total. The quantitative estimate of drug-likeness (QED) is 0.619. The average molecular weight is 315 g/mol. The Morgan fingerprint density at radius 2 is 2.05 bits per heavy atom. The Morgan fingerprint density at radius 3 is 2.52 bits per heavy atom. The van der Waals surface area contributed by atoms with E-state index in [1.165, 1.54) is 18.2 Å². The Kier molecular flexibility index (Phi) is 5.66. The van der Waals surface area contributed by atoms with E-state index in [0.29, 0.717) is 0 Å². The lowest BCUT2D eigenvalue weighted by molar-refractivity contribution is -0.384. The third kappa shape index (κ3) is 4.42. The number of aliphatic carboxylic acids is 1. The number of carboxylic acid groups (broad SMARTS) is 1. The second kappa shape index (κ2) is 7.03. The van der Waals surface area contributed by atoms with Crippen LogP contribution in [0.4, 0.5) is 5.69 Å². The standard InChI is InChI=1S/C13H15ClN2O5/c1-7(2)9(6-11(17)18)15-13(19)8-4-3-5-10(12(8)14)16(20)21/h3-5,7,9H,6H2,1-2H3,(H,15,19)(H,17,18). The minimum absolute atomic E-state index is 0.0538. The van der Waals surface area contributed by atoms with Gasteiger partial charge in [-0.15, -0.1) is 0 Å². The predicted molar refractivity (Wildman–Crippen MR) is 76.5 cm³/mol. The number of rotatable bonds is 6. The number of nitro benzene ring substituents is 1. The van der Waals surface area contributed by atoms with Crippen LogP contribution in [0, 0.1) is 16.0 Å². The van der Waals surface area contributed by atoms with Crippen molar-refractivity contribution in [2.75, 3.05) is 0 Å². The molecule has 0 heterocycles. The number of benzene rings is 1. The van der Waals surface area contributed by atoms with Gasteiger partial charge in [0.1, 0.15) is 5.02 Å². The van der Waals surface area contributed by atoms with E-state index in [0.717, 1.165) is 0 Å². The largest absolute Gasteiger partial charge is 0.481 e. The molecule has 0 spiro atoms. The third-order valence-corrected chi connectivity index (χ3v) is 3.33. The van der Waals surface area contributed by atoms with Gasteiger partial charge in [0.15, 0.2) is 0 Å². The molecule has 0 saturated heterocycles. The number of hydrogen-bond acceptors (Lipinski definition) is 4. The molecule has 1 unspecified atom stereocenters. The number of carbonyl (C=O) groups excluding carboxylic acids is 1. The van der Waals surface area contributed by atoms with Crippen LogP contribution in [-0.2, 0) is 4.79 Å². The summed E-state index contributed by atoms with van der Waals surface area (Å²) in [7, 11) is 0. The molecule has 114 valence electrons. The zero-order valence-electron chi connectivity index (χ0n) is 11.5. The molecule has 1 amide bonds. The van der Waals surface area contributed by atoms with E-state index in [9.17, 15) is 19.7 Å². The molecule has 2 N–H and O–H groups in total. The summed E-state index contributed by atoms with van der Waals surface area (Å²) < 4.78 is 0. The number of nitro groups is 1. The van der Waals surface area contributed by atoms with Crippen LogP contribution in [0.1, 0.15) is 30.6 Å². The highest BCUT2D eigenvalue weighted by Crippen LogP contribution is 2.27. The van der Waals surface area contributed by atoms with Gasteiger partial charge in [0.25, 0.3) is 11.6 Å². The molecule has 21 heavy (non-hydrogen) atoms. The summed E-state index contributed by atoms with van der Waals surface area (Å²) in [6.07, 6.45) is -0.240. The minimum atomic E-state index is -1.04. The van der Waals surface area contributed by atoms with E-state index in [1.807, 2.05) is 0 Å². The highest BCUT2D eigenvalue weighted by Gasteiger charge is 2.24. The van der Waals surface area contributed by atoms with Crippen molar-refractivity contribution >= 4 is 29.2 Å². The highest BCUT2D eigenvalue weighted by molar-refractivity contribution is 6.35. The topological polar surface area (TPSA) is 110 Å². The van der Waals surface area contributed by atoms with Crippen LogP contribution in [0.2, 0.25) is 5.02 Å². The van der Waals surface area contributed by atoms with Gasteiger partial charge in [-0.05, 0) is 12.0 Å². The van der Waals surface area contributed by atoms with Crippen molar-refractivity contribution in [3.63, 3.8) is 0 Å². The molecule has 0 aromatic heterocycles. The van der Waals surface area contributed by atoms with Crippen LogP contribution in [0.25, 0.3) is 0 Å². The van der Waals surface area contributed by atoms with Gasteiger partial charge in [0.2, 0.25) is 0 Å². The van der Waals surface area contributed by atoms with Crippen molar-refractivity contribution in [1.82, 2.24) is 5.32 Å². The Bertz CT molecular complexity index is 574. The van der Waals surface area contributed by atoms with Crippen LogP contribution >= 0.6 is 11.6 Å². The summed E-state index contributed by atoms with van der Waals surface area (Å²) in [5.41, 5.74) is -0.425. The fourth-order valence-corrected chi connectivity index (χ4v) is 2.00. The van der Waals surface area contributed by atoms with E-state index in [2.05, 4.69) is 5.32 Å². The van der Waals surface area contributed by atoms with Crippen molar-refractivity contribution in [2.24, 2.45) is 5.92 Å². The molecule has 1 aromatic carbocycles. The van der Waals surface area contributed by atoms with Crippen molar-refractivity contribution in [2.45, 2.75) is 26.3 Å². The first kappa shape index (κ1) is 16.9. The normalized spacial score (nSPS) is 12.0. The second-order valence-electron chi connectivity index (χ2n) is 4.82. The van der Waals surface area contributed by atoms with Gasteiger partial charge < -0.3 is 10.4 Å². The van der Waals surface area contributed by atoms with E-state index in [4.69, 9.17) is 16.7 Å². The third-order valence-electron chi connectivity index (χ3n) is 2.94. The molecule has 0 bridgehead atoms. The fourth-order valence-electron chi connectivity index (χ4n) is 1.72. The van der Waals surface area contributed by atoms with Gasteiger partial charge in [-0.2, -0.15) is 0 Å². The first-order chi connectivity index (χ1) is 9.73. The summed E-state index contributed by atoms with van der Waals surface area (Å²) in [5.74, 6) is -1.79. The van der Waals surface area contributed by atoms with Crippen molar-refractivity contribution in [1.29, 1.82) is 0 Å². The monoisotopic (exact) mass is 314 g/mol. The number of halogens is 1. The fraction of sp³-hybridized carbons (Fsp3) is 0.385. The van der Waals surface area contributed by atoms with E-state index in [-0.39, 0.29) is 28.6 Å². The first-order valence-electron chi connectivity index (χ1n) is 6.19. The number of hydrogen-bond donors (Lipinski definition) is 2. The maximum absolute atomic E-state index is 12.1. The van der Waals surface area contributed by atoms with Crippen molar-refractivity contribution < 1.29 is 19.6 Å².